The molecule has 1 heterocycles. The number of hydrogen-bond donors (Lipinski definition) is 2. The molecule has 0 aliphatic carbocycles. The van der Waals surface area contributed by atoms with E-state index in [4.69, 9.17) is 27.9 Å². The van der Waals surface area contributed by atoms with E-state index in [1.165, 1.54) is 6.08 Å². The van der Waals surface area contributed by atoms with Gasteiger partial charge in [-0.2, -0.15) is 4.98 Å². The molecule has 6 nitrogen and oxygen atoms in total. The molecule has 2 aromatic rings. The van der Waals surface area contributed by atoms with Gasteiger partial charge in [0.15, 0.2) is 0 Å². The predicted octanol–water partition coefficient (Wildman–Crippen LogP) is 3.16. The molecular formula is C13H12Cl2N4O2. The summed E-state index contributed by atoms with van der Waals surface area (Å²) in [7, 11) is 0. The summed E-state index contributed by atoms with van der Waals surface area (Å²) in [6.07, 6.45) is 2.93. The van der Waals surface area contributed by atoms with Crippen LogP contribution in [0.1, 0.15) is 12.5 Å². The van der Waals surface area contributed by atoms with Crippen molar-refractivity contribution in [2.45, 2.75) is 6.92 Å². The summed E-state index contributed by atoms with van der Waals surface area (Å²) in [5.41, 5.74) is 0.718. The van der Waals surface area contributed by atoms with E-state index in [1.54, 1.807) is 24.3 Å². The van der Waals surface area contributed by atoms with Crippen LogP contribution in [-0.4, -0.2) is 27.7 Å². The first kappa shape index (κ1) is 15.3. The third-order valence-electron chi connectivity index (χ3n) is 2.29. The Bertz CT molecular complexity index is 650. The van der Waals surface area contributed by atoms with Crippen molar-refractivity contribution in [1.82, 2.24) is 15.2 Å². The number of ether oxygens (including phenoxy) is 1. The third-order valence-corrected chi connectivity index (χ3v) is 2.73. The van der Waals surface area contributed by atoms with Crippen LogP contribution in [0.3, 0.4) is 0 Å². The van der Waals surface area contributed by atoms with Gasteiger partial charge in [0.2, 0.25) is 5.95 Å². The average molecular weight is 327 g/mol. The number of carbonyl (C=O) groups is 1. The van der Waals surface area contributed by atoms with Crippen LogP contribution in [0.15, 0.2) is 24.3 Å². The van der Waals surface area contributed by atoms with E-state index in [0.717, 1.165) is 5.56 Å². The van der Waals surface area contributed by atoms with Crippen molar-refractivity contribution >= 4 is 41.1 Å². The molecule has 0 saturated carbocycles. The molecule has 8 heteroatoms. The number of rotatable bonds is 5. The first-order valence-electron chi connectivity index (χ1n) is 6.07. The zero-order chi connectivity index (χ0) is 15.2. The van der Waals surface area contributed by atoms with Crippen LogP contribution in [0.5, 0.6) is 6.01 Å². The minimum absolute atomic E-state index is 0.179. The Morgan fingerprint density at radius 3 is 2.76 bits per heavy atom. The minimum Gasteiger partial charge on any atom is -0.463 e. The second-order valence-electron chi connectivity index (χ2n) is 3.92. The standard InChI is InChI=1S/C13H12Cl2N4O2/c1-2-21-13-17-12(18-19-13)16-11(20)4-3-8-5-9(14)7-10(15)6-8/h3-7H,2H2,1H3,(H2,16,17,18,19,20)/b4-3+. The Balaban J connectivity index is 1.98. The molecule has 0 aliphatic heterocycles. The molecule has 2 rings (SSSR count). The van der Waals surface area contributed by atoms with Gasteiger partial charge >= 0.3 is 6.01 Å². The zero-order valence-corrected chi connectivity index (χ0v) is 12.6. The lowest BCUT2D eigenvalue weighted by Crippen LogP contribution is -2.09. The van der Waals surface area contributed by atoms with E-state index in [-0.39, 0.29) is 17.9 Å². The average Bonchev–Trinajstić information content (AvgIpc) is 2.83. The molecule has 0 atom stereocenters. The van der Waals surface area contributed by atoms with E-state index in [1.807, 2.05) is 6.92 Å². The summed E-state index contributed by atoms with van der Waals surface area (Å²) in [5, 5.41) is 9.83. The molecule has 0 bridgehead atoms. The molecule has 110 valence electrons. The highest BCUT2D eigenvalue weighted by Crippen LogP contribution is 2.19. The van der Waals surface area contributed by atoms with E-state index in [0.29, 0.717) is 16.7 Å². The van der Waals surface area contributed by atoms with Crippen molar-refractivity contribution in [3.63, 3.8) is 0 Å². The first-order valence-corrected chi connectivity index (χ1v) is 6.83. The Morgan fingerprint density at radius 1 is 1.38 bits per heavy atom. The fraction of sp³-hybridized carbons (Fsp3) is 0.154. The maximum Gasteiger partial charge on any atom is 0.337 e. The number of anilines is 1. The lowest BCUT2D eigenvalue weighted by Gasteiger charge is -1.98. The Morgan fingerprint density at radius 2 is 2.10 bits per heavy atom. The normalized spacial score (nSPS) is 10.8. The molecule has 21 heavy (non-hydrogen) atoms. The number of nitrogens with zero attached hydrogens (tertiary/aromatic N) is 2. The van der Waals surface area contributed by atoms with Crippen LogP contribution >= 0.6 is 23.2 Å². The number of aromatic amines is 1. The van der Waals surface area contributed by atoms with Crippen molar-refractivity contribution in [2.75, 3.05) is 11.9 Å². The van der Waals surface area contributed by atoms with E-state index in [9.17, 15) is 4.79 Å². The lowest BCUT2D eigenvalue weighted by atomic mass is 10.2. The SMILES string of the molecule is CCOc1n[nH]c(NC(=O)/C=C/c2cc(Cl)cc(Cl)c2)n1. The van der Waals surface area contributed by atoms with Crippen molar-refractivity contribution in [2.24, 2.45) is 0 Å². The van der Waals surface area contributed by atoms with Gasteiger partial charge in [-0.25, -0.2) is 5.10 Å². The molecule has 0 saturated heterocycles. The molecule has 2 N–H and O–H groups in total. The molecule has 1 amide bonds. The Hall–Kier alpha value is -2.05. The molecular weight excluding hydrogens is 315 g/mol. The summed E-state index contributed by atoms with van der Waals surface area (Å²) in [6, 6.07) is 5.18. The smallest absolute Gasteiger partial charge is 0.337 e. The summed E-state index contributed by atoms with van der Waals surface area (Å²) < 4.78 is 5.07. The monoisotopic (exact) mass is 326 g/mol. The third kappa shape index (κ3) is 4.77. The molecule has 0 radical (unpaired) electrons. The van der Waals surface area contributed by atoms with Gasteiger partial charge < -0.3 is 4.74 Å². The highest BCUT2D eigenvalue weighted by atomic mass is 35.5. The van der Waals surface area contributed by atoms with Crippen molar-refractivity contribution in [1.29, 1.82) is 0 Å². The Kier molecular flexibility index (Phi) is 5.19. The topological polar surface area (TPSA) is 79.9 Å². The molecule has 0 spiro atoms. The molecule has 1 aromatic heterocycles. The summed E-state index contributed by atoms with van der Waals surface area (Å²) in [6.45, 7) is 2.26. The van der Waals surface area contributed by atoms with E-state index < -0.39 is 0 Å². The summed E-state index contributed by atoms with van der Waals surface area (Å²) in [4.78, 5) is 15.7. The number of benzene rings is 1. The molecule has 0 unspecified atom stereocenters. The fourth-order valence-electron chi connectivity index (χ4n) is 1.50. The summed E-state index contributed by atoms with van der Waals surface area (Å²) in [5.74, 6) is -0.164. The Labute approximate surface area is 131 Å². The van der Waals surface area contributed by atoms with Crippen LogP contribution in [0, 0.1) is 0 Å². The first-order chi connectivity index (χ1) is 10.1. The van der Waals surface area contributed by atoms with E-state index >= 15 is 0 Å². The maximum absolute atomic E-state index is 11.7. The second-order valence-corrected chi connectivity index (χ2v) is 4.80. The molecule has 0 aliphatic rings. The molecule has 1 aromatic carbocycles. The van der Waals surface area contributed by atoms with Gasteiger partial charge in [0.25, 0.3) is 5.91 Å². The van der Waals surface area contributed by atoms with Crippen LogP contribution in [0.4, 0.5) is 5.95 Å². The number of amides is 1. The van der Waals surface area contributed by atoms with Crippen molar-refractivity contribution in [3.05, 3.63) is 39.9 Å². The number of hydrogen-bond acceptors (Lipinski definition) is 4. The van der Waals surface area contributed by atoms with Gasteiger partial charge in [0, 0.05) is 16.1 Å². The largest absolute Gasteiger partial charge is 0.463 e. The number of halogens is 2. The molecule has 0 fully saturated rings. The minimum atomic E-state index is -0.370. The number of nitrogens with one attached hydrogen (secondary N) is 2. The number of H-pyrrole nitrogens is 1. The number of carbonyl (C=O) groups excluding carboxylic acids is 1. The van der Waals surface area contributed by atoms with Crippen LogP contribution in [0.25, 0.3) is 6.08 Å². The summed E-state index contributed by atoms with van der Waals surface area (Å²) >= 11 is 11.7. The van der Waals surface area contributed by atoms with Gasteiger partial charge in [-0.15, -0.1) is 5.10 Å². The highest BCUT2D eigenvalue weighted by Gasteiger charge is 2.05. The van der Waals surface area contributed by atoms with Crippen molar-refractivity contribution in [3.8, 4) is 6.01 Å². The zero-order valence-electron chi connectivity index (χ0n) is 11.1. The number of aromatic nitrogens is 3. The van der Waals surface area contributed by atoms with Crippen LogP contribution in [0.2, 0.25) is 10.0 Å². The fourth-order valence-corrected chi connectivity index (χ4v) is 2.04. The van der Waals surface area contributed by atoms with Crippen LogP contribution < -0.4 is 10.1 Å². The van der Waals surface area contributed by atoms with Gasteiger partial charge in [-0.05, 0) is 36.8 Å². The van der Waals surface area contributed by atoms with Crippen LogP contribution in [-0.2, 0) is 4.79 Å². The predicted molar refractivity (Wildman–Crippen MR) is 81.7 cm³/mol. The van der Waals surface area contributed by atoms with Crippen molar-refractivity contribution < 1.29 is 9.53 Å². The maximum atomic E-state index is 11.7. The van der Waals surface area contributed by atoms with E-state index in [2.05, 4.69) is 20.5 Å². The van der Waals surface area contributed by atoms with Gasteiger partial charge in [-0.3, -0.25) is 10.1 Å². The second kappa shape index (κ2) is 7.10. The van der Waals surface area contributed by atoms with Gasteiger partial charge in [-0.1, -0.05) is 23.2 Å². The van der Waals surface area contributed by atoms with Gasteiger partial charge in [0.1, 0.15) is 0 Å². The quantitative estimate of drug-likeness (QED) is 0.827. The van der Waals surface area contributed by atoms with Gasteiger partial charge in [0.05, 0.1) is 6.61 Å². The lowest BCUT2D eigenvalue weighted by molar-refractivity contribution is -0.111. The highest BCUT2D eigenvalue weighted by molar-refractivity contribution is 6.34.